The van der Waals surface area contributed by atoms with E-state index in [0.717, 1.165) is 51.6 Å². The first-order chi connectivity index (χ1) is 13.4. The van der Waals surface area contributed by atoms with Gasteiger partial charge in [-0.2, -0.15) is 0 Å². The number of piperidine rings is 2. The number of carbonyl (C=O) groups is 1. The summed E-state index contributed by atoms with van der Waals surface area (Å²) in [4.78, 5) is 14.4. The monoisotopic (exact) mass is 408 g/mol. The van der Waals surface area contributed by atoms with Crippen molar-refractivity contribution in [1.29, 1.82) is 0 Å². The Kier molecular flexibility index (Phi) is 7.48. The van der Waals surface area contributed by atoms with Crippen molar-refractivity contribution < 1.29 is 17.9 Å². The van der Waals surface area contributed by atoms with Gasteiger partial charge in [0.2, 0.25) is 15.9 Å². The van der Waals surface area contributed by atoms with Crippen molar-refractivity contribution >= 4 is 15.9 Å². The minimum Gasteiger partial charge on any atom is -0.375 e. The van der Waals surface area contributed by atoms with Crippen LogP contribution in [0.5, 0.6) is 0 Å². The third-order valence-electron chi connectivity index (χ3n) is 5.75. The van der Waals surface area contributed by atoms with E-state index in [1.165, 1.54) is 16.1 Å². The smallest absolute Gasteiger partial charge is 0.222 e. The second-order valence-electron chi connectivity index (χ2n) is 7.92. The summed E-state index contributed by atoms with van der Waals surface area (Å²) in [6, 6.07) is 10.3. The molecule has 1 aromatic carbocycles. The molecule has 7 heteroatoms. The van der Waals surface area contributed by atoms with Crippen molar-refractivity contribution in [1.82, 2.24) is 9.21 Å². The Labute approximate surface area is 168 Å². The van der Waals surface area contributed by atoms with Crippen LogP contribution in [0.15, 0.2) is 30.3 Å². The molecule has 2 aliphatic heterocycles. The maximum absolute atomic E-state index is 12.4. The highest BCUT2D eigenvalue weighted by Gasteiger charge is 2.29. The van der Waals surface area contributed by atoms with Crippen LogP contribution in [0.3, 0.4) is 0 Å². The van der Waals surface area contributed by atoms with E-state index < -0.39 is 10.0 Å². The SMILES string of the molecule is CS(=O)(=O)N1CCC(OC2CCN(C(=O)CCCc3ccccc3)CC2)CC1. The number of aryl methyl sites for hydroxylation is 1. The zero-order valence-electron chi connectivity index (χ0n) is 16.8. The number of hydrogen-bond acceptors (Lipinski definition) is 4. The number of carbonyl (C=O) groups excluding carboxylic acids is 1. The first-order valence-electron chi connectivity index (χ1n) is 10.3. The van der Waals surface area contributed by atoms with Gasteiger partial charge in [-0.05, 0) is 44.1 Å². The molecule has 6 nitrogen and oxygen atoms in total. The molecular formula is C21H32N2O4S. The van der Waals surface area contributed by atoms with Gasteiger partial charge in [-0.15, -0.1) is 0 Å². The van der Waals surface area contributed by atoms with Crippen molar-refractivity contribution in [2.45, 2.75) is 57.2 Å². The highest BCUT2D eigenvalue weighted by molar-refractivity contribution is 7.88. The Morgan fingerprint density at radius 2 is 1.57 bits per heavy atom. The summed E-state index contributed by atoms with van der Waals surface area (Å²) in [7, 11) is -3.09. The van der Waals surface area contributed by atoms with Crippen LogP contribution in [0.4, 0.5) is 0 Å². The molecule has 0 spiro atoms. The molecule has 0 radical (unpaired) electrons. The maximum Gasteiger partial charge on any atom is 0.222 e. The van der Waals surface area contributed by atoms with E-state index in [1.807, 2.05) is 23.1 Å². The van der Waals surface area contributed by atoms with Crippen molar-refractivity contribution in [3.05, 3.63) is 35.9 Å². The predicted molar refractivity (Wildman–Crippen MR) is 110 cm³/mol. The summed E-state index contributed by atoms with van der Waals surface area (Å²) in [5, 5.41) is 0. The van der Waals surface area contributed by atoms with E-state index in [4.69, 9.17) is 4.74 Å². The Hall–Kier alpha value is -1.44. The van der Waals surface area contributed by atoms with Crippen LogP contribution in [-0.4, -0.2) is 68.2 Å². The number of ether oxygens (including phenoxy) is 1. The minimum absolute atomic E-state index is 0.135. The number of amides is 1. The fourth-order valence-electron chi connectivity index (χ4n) is 4.06. The van der Waals surface area contributed by atoms with Crippen LogP contribution in [0, 0.1) is 0 Å². The molecule has 28 heavy (non-hydrogen) atoms. The Morgan fingerprint density at radius 3 is 2.14 bits per heavy atom. The molecule has 1 aromatic rings. The molecule has 0 aliphatic carbocycles. The van der Waals surface area contributed by atoms with Gasteiger partial charge in [0.15, 0.2) is 0 Å². The van der Waals surface area contributed by atoms with Crippen molar-refractivity contribution in [3.8, 4) is 0 Å². The number of hydrogen-bond donors (Lipinski definition) is 0. The van der Waals surface area contributed by atoms with Crippen LogP contribution >= 0.6 is 0 Å². The first kappa shape index (κ1) is 21.3. The zero-order valence-corrected chi connectivity index (χ0v) is 17.6. The van der Waals surface area contributed by atoms with Crippen molar-refractivity contribution in [2.24, 2.45) is 0 Å². The van der Waals surface area contributed by atoms with E-state index in [2.05, 4.69) is 12.1 Å². The molecule has 1 amide bonds. The second kappa shape index (κ2) is 9.85. The molecule has 2 aliphatic rings. The summed E-state index contributed by atoms with van der Waals surface area (Å²) < 4.78 is 30.9. The third kappa shape index (κ3) is 6.29. The van der Waals surface area contributed by atoms with Gasteiger partial charge in [-0.1, -0.05) is 30.3 Å². The molecule has 0 aromatic heterocycles. The van der Waals surface area contributed by atoms with Crippen LogP contribution < -0.4 is 0 Å². The number of benzene rings is 1. The Morgan fingerprint density at radius 1 is 1.00 bits per heavy atom. The average molecular weight is 409 g/mol. The Balaban J connectivity index is 1.32. The normalized spacial score (nSPS) is 20.4. The maximum atomic E-state index is 12.4. The van der Waals surface area contributed by atoms with E-state index in [9.17, 15) is 13.2 Å². The van der Waals surface area contributed by atoms with Crippen LogP contribution in [0.2, 0.25) is 0 Å². The average Bonchev–Trinajstić information content (AvgIpc) is 2.69. The highest BCUT2D eigenvalue weighted by atomic mass is 32.2. The molecule has 0 unspecified atom stereocenters. The lowest BCUT2D eigenvalue weighted by Crippen LogP contribution is -2.44. The number of rotatable bonds is 7. The minimum atomic E-state index is -3.09. The summed E-state index contributed by atoms with van der Waals surface area (Å²) in [6.45, 7) is 2.61. The predicted octanol–water partition coefficient (Wildman–Crippen LogP) is 2.44. The summed E-state index contributed by atoms with van der Waals surface area (Å²) in [5.74, 6) is 0.246. The second-order valence-corrected chi connectivity index (χ2v) is 9.90. The van der Waals surface area contributed by atoms with Gasteiger partial charge in [-0.25, -0.2) is 12.7 Å². The molecule has 3 rings (SSSR count). The number of nitrogens with zero attached hydrogens (tertiary/aromatic N) is 2. The van der Waals surface area contributed by atoms with Gasteiger partial charge in [0.05, 0.1) is 18.5 Å². The molecule has 0 N–H and O–H groups in total. The fourth-order valence-corrected chi connectivity index (χ4v) is 4.93. The van der Waals surface area contributed by atoms with Gasteiger partial charge in [0, 0.05) is 32.6 Å². The lowest BCUT2D eigenvalue weighted by atomic mass is 10.0. The van der Waals surface area contributed by atoms with E-state index in [1.54, 1.807) is 0 Å². The topological polar surface area (TPSA) is 66.9 Å². The van der Waals surface area contributed by atoms with Gasteiger partial charge in [0.25, 0.3) is 0 Å². The van der Waals surface area contributed by atoms with Gasteiger partial charge in [-0.3, -0.25) is 4.79 Å². The molecule has 0 bridgehead atoms. The molecule has 2 fully saturated rings. The van der Waals surface area contributed by atoms with E-state index in [0.29, 0.717) is 19.5 Å². The molecule has 0 atom stereocenters. The first-order valence-corrected chi connectivity index (χ1v) is 12.2. The number of sulfonamides is 1. The zero-order chi connectivity index (χ0) is 20.0. The van der Waals surface area contributed by atoms with E-state index in [-0.39, 0.29) is 18.1 Å². The lowest BCUT2D eigenvalue weighted by Gasteiger charge is -2.36. The van der Waals surface area contributed by atoms with Crippen LogP contribution in [-0.2, 0) is 26.0 Å². The van der Waals surface area contributed by atoms with E-state index >= 15 is 0 Å². The third-order valence-corrected chi connectivity index (χ3v) is 7.05. The Bertz CT molecular complexity index is 722. The van der Waals surface area contributed by atoms with Gasteiger partial charge in [0.1, 0.15) is 0 Å². The van der Waals surface area contributed by atoms with Gasteiger partial charge >= 0.3 is 0 Å². The molecule has 156 valence electrons. The summed E-state index contributed by atoms with van der Waals surface area (Å²) in [6.07, 6.45) is 7.27. The van der Waals surface area contributed by atoms with Crippen molar-refractivity contribution in [2.75, 3.05) is 32.4 Å². The molecular weight excluding hydrogens is 376 g/mol. The van der Waals surface area contributed by atoms with Gasteiger partial charge < -0.3 is 9.64 Å². The van der Waals surface area contributed by atoms with Crippen LogP contribution in [0.1, 0.15) is 44.1 Å². The van der Waals surface area contributed by atoms with Crippen LogP contribution in [0.25, 0.3) is 0 Å². The quantitative estimate of drug-likeness (QED) is 0.695. The van der Waals surface area contributed by atoms with Crippen molar-refractivity contribution in [3.63, 3.8) is 0 Å². The molecule has 0 saturated carbocycles. The standard InChI is InChI=1S/C21H32N2O4S/c1-28(25,26)23-16-12-20(13-17-23)27-19-10-14-22(15-11-19)21(24)9-5-8-18-6-3-2-4-7-18/h2-4,6-7,19-20H,5,8-17H2,1H3. The highest BCUT2D eigenvalue weighted by Crippen LogP contribution is 2.22. The fraction of sp³-hybridized carbons (Fsp3) is 0.667. The summed E-state index contributed by atoms with van der Waals surface area (Å²) >= 11 is 0. The lowest BCUT2D eigenvalue weighted by molar-refractivity contribution is -0.135. The summed E-state index contributed by atoms with van der Waals surface area (Å²) in [5.41, 5.74) is 1.28. The molecule has 2 saturated heterocycles. The molecule has 2 heterocycles. The largest absolute Gasteiger partial charge is 0.375 e. The number of likely N-dealkylation sites (tertiary alicyclic amines) is 1.